The van der Waals surface area contributed by atoms with Gasteiger partial charge >= 0.3 is 0 Å². The number of hydrogen-bond donors (Lipinski definition) is 1. The molecule has 0 aromatic carbocycles. The molecule has 1 N–H and O–H groups in total. The van der Waals surface area contributed by atoms with Crippen LogP contribution in [0.25, 0.3) is 0 Å². The van der Waals surface area contributed by atoms with Gasteiger partial charge in [0, 0.05) is 13.1 Å². The van der Waals surface area contributed by atoms with Crippen LogP contribution in [0.3, 0.4) is 0 Å². The van der Waals surface area contributed by atoms with Crippen molar-refractivity contribution in [1.82, 2.24) is 4.98 Å². The van der Waals surface area contributed by atoms with E-state index in [1.807, 2.05) is 0 Å². The summed E-state index contributed by atoms with van der Waals surface area (Å²) in [4.78, 5) is 7.78. The zero-order valence-corrected chi connectivity index (χ0v) is 9.72. The Morgan fingerprint density at radius 3 is 2.73 bits per heavy atom. The quantitative estimate of drug-likeness (QED) is 0.839. The van der Waals surface area contributed by atoms with Gasteiger partial charge in [0.05, 0.1) is 30.4 Å². The first-order chi connectivity index (χ1) is 7.35. The summed E-state index contributed by atoms with van der Waals surface area (Å²) in [6.45, 7) is 5.52. The monoisotopic (exact) mass is 228 g/mol. The number of morpholine rings is 1. The molecule has 1 fully saturated rings. The Balaban J connectivity index is 2.16. The van der Waals surface area contributed by atoms with Gasteiger partial charge in [0.25, 0.3) is 0 Å². The van der Waals surface area contributed by atoms with E-state index in [1.54, 1.807) is 11.3 Å². The van der Waals surface area contributed by atoms with Crippen molar-refractivity contribution >= 4 is 16.5 Å². The molecule has 0 amide bonds. The Morgan fingerprint density at radius 1 is 1.47 bits per heavy atom. The van der Waals surface area contributed by atoms with Crippen molar-refractivity contribution in [2.75, 3.05) is 31.2 Å². The van der Waals surface area contributed by atoms with E-state index in [9.17, 15) is 5.11 Å². The number of aryl methyl sites for hydroxylation is 1. The van der Waals surface area contributed by atoms with Crippen LogP contribution >= 0.6 is 11.3 Å². The van der Waals surface area contributed by atoms with Crippen molar-refractivity contribution in [2.24, 2.45) is 0 Å². The zero-order chi connectivity index (χ0) is 10.7. The lowest BCUT2D eigenvalue weighted by atomic mass is 10.3. The molecule has 0 unspecified atom stereocenters. The third-order valence-electron chi connectivity index (χ3n) is 2.53. The van der Waals surface area contributed by atoms with Crippen LogP contribution in [0.5, 0.6) is 0 Å². The molecule has 5 heteroatoms. The van der Waals surface area contributed by atoms with E-state index in [0.717, 1.165) is 48.4 Å². The average molecular weight is 228 g/mol. The molecule has 0 aliphatic carbocycles. The lowest BCUT2D eigenvalue weighted by Crippen LogP contribution is -2.36. The molecule has 15 heavy (non-hydrogen) atoms. The standard InChI is InChI=1S/C10H16N2O2S/c1-2-8-9(7-13)15-10(11-8)12-3-5-14-6-4-12/h13H,2-7H2,1H3. The SMILES string of the molecule is CCc1nc(N2CCOCC2)sc1CO. The van der Waals surface area contributed by atoms with E-state index in [4.69, 9.17) is 4.74 Å². The third-order valence-corrected chi connectivity index (χ3v) is 3.67. The van der Waals surface area contributed by atoms with Gasteiger partial charge < -0.3 is 14.7 Å². The van der Waals surface area contributed by atoms with Crippen molar-refractivity contribution in [3.63, 3.8) is 0 Å². The largest absolute Gasteiger partial charge is 0.391 e. The van der Waals surface area contributed by atoms with Gasteiger partial charge in [0.2, 0.25) is 0 Å². The Morgan fingerprint density at radius 2 is 2.20 bits per heavy atom. The normalized spacial score (nSPS) is 17.1. The average Bonchev–Trinajstić information content (AvgIpc) is 2.73. The van der Waals surface area contributed by atoms with Gasteiger partial charge in [-0.05, 0) is 6.42 Å². The first-order valence-electron chi connectivity index (χ1n) is 5.27. The molecule has 1 aromatic heterocycles. The number of ether oxygens (including phenoxy) is 1. The topological polar surface area (TPSA) is 45.6 Å². The molecule has 0 saturated carbocycles. The highest BCUT2D eigenvalue weighted by Gasteiger charge is 2.17. The fourth-order valence-electron chi connectivity index (χ4n) is 1.66. The second-order valence-electron chi connectivity index (χ2n) is 3.48. The summed E-state index contributed by atoms with van der Waals surface area (Å²) in [6.07, 6.45) is 0.886. The van der Waals surface area contributed by atoms with Crippen molar-refractivity contribution < 1.29 is 9.84 Å². The van der Waals surface area contributed by atoms with Gasteiger partial charge in [0.1, 0.15) is 0 Å². The maximum absolute atomic E-state index is 9.19. The van der Waals surface area contributed by atoms with E-state index in [0.29, 0.717) is 0 Å². The molecule has 4 nitrogen and oxygen atoms in total. The molecule has 84 valence electrons. The van der Waals surface area contributed by atoms with Crippen LogP contribution in [0.4, 0.5) is 5.13 Å². The molecule has 2 heterocycles. The Bertz CT molecular complexity index is 300. The van der Waals surface area contributed by atoms with Gasteiger partial charge in [-0.25, -0.2) is 4.98 Å². The number of aliphatic hydroxyl groups excluding tert-OH is 1. The van der Waals surface area contributed by atoms with Crippen LogP contribution in [0.2, 0.25) is 0 Å². The highest BCUT2D eigenvalue weighted by Crippen LogP contribution is 2.27. The molecular weight excluding hydrogens is 212 g/mol. The molecule has 0 atom stereocenters. The minimum Gasteiger partial charge on any atom is -0.391 e. The summed E-state index contributed by atoms with van der Waals surface area (Å²) in [6, 6.07) is 0. The second kappa shape index (κ2) is 4.92. The lowest BCUT2D eigenvalue weighted by molar-refractivity contribution is 0.122. The number of anilines is 1. The number of thiazole rings is 1. The Hall–Kier alpha value is -0.650. The minimum absolute atomic E-state index is 0.102. The molecule has 0 bridgehead atoms. The number of nitrogens with zero attached hydrogens (tertiary/aromatic N) is 2. The number of aliphatic hydroxyl groups is 1. The molecule has 1 aliphatic rings. The summed E-state index contributed by atoms with van der Waals surface area (Å²) in [5.41, 5.74) is 1.03. The first-order valence-corrected chi connectivity index (χ1v) is 6.09. The van der Waals surface area contributed by atoms with E-state index in [-0.39, 0.29) is 6.61 Å². The van der Waals surface area contributed by atoms with Gasteiger partial charge in [-0.2, -0.15) is 0 Å². The summed E-state index contributed by atoms with van der Waals surface area (Å²) >= 11 is 1.60. The van der Waals surface area contributed by atoms with Gasteiger partial charge in [0.15, 0.2) is 5.13 Å². The second-order valence-corrected chi connectivity index (χ2v) is 4.54. The van der Waals surface area contributed by atoms with E-state index in [1.165, 1.54) is 0 Å². The molecule has 1 saturated heterocycles. The summed E-state index contributed by atoms with van der Waals surface area (Å²) < 4.78 is 5.30. The van der Waals surface area contributed by atoms with Gasteiger partial charge in [-0.3, -0.25) is 0 Å². The maximum Gasteiger partial charge on any atom is 0.186 e. The fourth-order valence-corrected chi connectivity index (χ4v) is 2.72. The van der Waals surface area contributed by atoms with Crippen LogP contribution in [-0.4, -0.2) is 36.4 Å². The molecule has 1 aromatic rings. The van der Waals surface area contributed by atoms with Crippen molar-refractivity contribution in [2.45, 2.75) is 20.0 Å². The van der Waals surface area contributed by atoms with Crippen LogP contribution < -0.4 is 4.90 Å². The van der Waals surface area contributed by atoms with Crippen molar-refractivity contribution in [3.05, 3.63) is 10.6 Å². The number of hydrogen-bond acceptors (Lipinski definition) is 5. The summed E-state index contributed by atoms with van der Waals surface area (Å²) in [5, 5.41) is 10.2. The highest BCUT2D eigenvalue weighted by molar-refractivity contribution is 7.15. The van der Waals surface area contributed by atoms with E-state index < -0.39 is 0 Å². The predicted molar refractivity (Wildman–Crippen MR) is 60.4 cm³/mol. The van der Waals surface area contributed by atoms with Crippen LogP contribution in [0, 0.1) is 0 Å². The molecule has 0 radical (unpaired) electrons. The van der Waals surface area contributed by atoms with E-state index in [2.05, 4.69) is 16.8 Å². The highest BCUT2D eigenvalue weighted by atomic mass is 32.1. The summed E-state index contributed by atoms with van der Waals surface area (Å²) in [5.74, 6) is 0. The first kappa shape index (κ1) is 10.9. The predicted octanol–water partition coefficient (Wildman–Crippen LogP) is 1.03. The van der Waals surface area contributed by atoms with Crippen LogP contribution in [0.1, 0.15) is 17.5 Å². The lowest BCUT2D eigenvalue weighted by Gasteiger charge is -2.26. The minimum atomic E-state index is 0.102. The third kappa shape index (κ3) is 2.30. The van der Waals surface area contributed by atoms with E-state index >= 15 is 0 Å². The van der Waals surface area contributed by atoms with Crippen molar-refractivity contribution in [1.29, 1.82) is 0 Å². The van der Waals surface area contributed by atoms with Gasteiger partial charge in [-0.15, -0.1) is 0 Å². The molecular formula is C10H16N2O2S. The molecule has 2 rings (SSSR count). The number of rotatable bonds is 3. The van der Waals surface area contributed by atoms with Crippen LogP contribution in [-0.2, 0) is 17.8 Å². The fraction of sp³-hybridized carbons (Fsp3) is 0.700. The number of aromatic nitrogens is 1. The van der Waals surface area contributed by atoms with Gasteiger partial charge in [-0.1, -0.05) is 18.3 Å². The zero-order valence-electron chi connectivity index (χ0n) is 8.90. The van der Waals surface area contributed by atoms with Crippen LogP contribution in [0.15, 0.2) is 0 Å². The Labute approximate surface area is 93.5 Å². The molecule has 0 spiro atoms. The maximum atomic E-state index is 9.19. The van der Waals surface area contributed by atoms with Crippen molar-refractivity contribution in [3.8, 4) is 0 Å². The smallest absolute Gasteiger partial charge is 0.186 e. The Kier molecular flexibility index (Phi) is 3.56. The summed E-state index contributed by atoms with van der Waals surface area (Å²) in [7, 11) is 0. The molecule has 1 aliphatic heterocycles.